The second-order valence-electron chi connectivity index (χ2n) is 7.34. The van der Waals surface area contributed by atoms with Gasteiger partial charge in [0.15, 0.2) is 0 Å². The van der Waals surface area contributed by atoms with E-state index >= 15 is 0 Å². The molecule has 2 unspecified atom stereocenters. The number of aryl methyl sites for hydroxylation is 1. The topological polar surface area (TPSA) is 75.7 Å². The average molecular weight is 481 g/mol. The van der Waals surface area contributed by atoms with Crippen molar-refractivity contribution in [2.75, 3.05) is 6.26 Å². The van der Waals surface area contributed by atoms with Crippen LogP contribution in [0.3, 0.4) is 0 Å². The molecule has 1 aromatic rings. The molecule has 0 aromatic heterocycles. The second kappa shape index (κ2) is 8.62. The lowest BCUT2D eigenvalue weighted by Crippen LogP contribution is -2.52. The predicted molar refractivity (Wildman–Crippen MR) is 104 cm³/mol. The highest BCUT2D eigenvalue weighted by molar-refractivity contribution is 9.10. The van der Waals surface area contributed by atoms with Crippen molar-refractivity contribution in [1.29, 1.82) is 0 Å². The number of piperidine rings is 1. The third kappa shape index (κ3) is 5.21. The number of nitrogens with zero attached hydrogens (tertiary/aromatic N) is 1. The van der Waals surface area contributed by atoms with Gasteiger partial charge in [-0.2, -0.15) is 13.1 Å². The summed E-state index contributed by atoms with van der Waals surface area (Å²) >= 11 is 3.29. The van der Waals surface area contributed by atoms with Crippen LogP contribution in [0.15, 0.2) is 22.7 Å². The van der Waals surface area contributed by atoms with Crippen molar-refractivity contribution in [3.8, 4) is 5.75 Å². The quantitative estimate of drug-likeness (QED) is 0.650. The Bertz CT molecular complexity index is 823. The molecule has 156 valence electrons. The Hall–Kier alpha value is -1.26. The molecule has 2 bridgehead atoms. The number of carbonyl (C=O) groups excluding carboxylic acids is 1. The highest BCUT2D eigenvalue weighted by atomic mass is 79.9. The first kappa shape index (κ1) is 21.4. The number of halogens is 3. The van der Waals surface area contributed by atoms with Crippen molar-refractivity contribution in [1.82, 2.24) is 9.62 Å². The van der Waals surface area contributed by atoms with Gasteiger partial charge in [-0.25, -0.2) is 8.42 Å². The molecule has 0 saturated carbocycles. The number of fused-ring (bicyclic) bond motifs is 2. The number of carbonyl (C=O) groups is 1. The number of hydrogen-bond donors (Lipinski definition) is 1. The Kier molecular flexibility index (Phi) is 6.61. The molecule has 2 fully saturated rings. The van der Waals surface area contributed by atoms with Crippen molar-refractivity contribution in [3.05, 3.63) is 28.2 Å². The van der Waals surface area contributed by atoms with E-state index < -0.39 is 16.6 Å². The summed E-state index contributed by atoms with van der Waals surface area (Å²) < 4.78 is 55.8. The van der Waals surface area contributed by atoms with Gasteiger partial charge in [0.1, 0.15) is 5.75 Å². The SMILES string of the molecule is CS(=O)(=O)N1C2CCC1CC(NC(=O)CCc1cc(Br)ccc1OC(F)F)C2. The number of alkyl halides is 2. The Morgan fingerprint density at radius 2 is 1.96 bits per heavy atom. The molecule has 0 radical (unpaired) electrons. The number of hydrogen-bond acceptors (Lipinski definition) is 4. The minimum atomic E-state index is -3.24. The van der Waals surface area contributed by atoms with Gasteiger partial charge in [-0.15, -0.1) is 0 Å². The van der Waals surface area contributed by atoms with Crippen LogP contribution in [-0.2, 0) is 21.2 Å². The van der Waals surface area contributed by atoms with Gasteiger partial charge in [-0.3, -0.25) is 4.79 Å². The van der Waals surface area contributed by atoms with Crippen molar-refractivity contribution in [2.24, 2.45) is 0 Å². The molecule has 1 amide bonds. The van der Waals surface area contributed by atoms with Crippen LogP contribution in [0.5, 0.6) is 5.75 Å². The maximum Gasteiger partial charge on any atom is 0.387 e. The van der Waals surface area contributed by atoms with E-state index in [0.717, 1.165) is 12.8 Å². The van der Waals surface area contributed by atoms with Gasteiger partial charge in [0.05, 0.1) is 6.26 Å². The molecule has 6 nitrogen and oxygen atoms in total. The maximum atomic E-state index is 12.5. The summed E-state index contributed by atoms with van der Waals surface area (Å²) in [4.78, 5) is 12.4. The molecule has 2 atom stereocenters. The highest BCUT2D eigenvalue weighted by Gasteiger charge is 2.45. The fourth-order valence-electron chi connectivity index (χ4n) is 4.30. The maximum absolute atomic E-state index is 12.5. The van der Waals surface area contributed by atoms with E-state index in [1.165, 1.54) is 12.3 Å². The van der Waals surface area contributed by atoms with Crippen LogP contribution in [0, 0.1) is 0 Å². The lowest BCUT2D eigenvalue weighted by atomic mass is 9.99. The normalized spacial score (nSPS) is 25.1. The minimum absolute atomic E-state index is 0.0600. The fraction of sp³-hybridized carbons (Fsp3) is 0.611. The summed E-state index contributed by atoms with van der Waals surface area (Å²) in [7, 11) is -3.24. The molecule has 2 aliphatic heterocycles. The number of benzene rings is 1. The summed E-state index contributed by atoms with van der Waals surface area (Å²) in [5.41, 5.74) is 0.525. The van der Waals surface area contributed by atoms with Crippen LogP contribution < -0.4 is 10.1 Å². The Labute approximate surface area is 171 Å². The van der Waals surface area contributed by atoms with E-state index in [1.807, 2.05) is 0 Å². The first-order valence-electron chi connectivity index (χ1n) is 9.14. The van der Waals surface area contributed by atoms with Gasteiger partial charge in [-0.05, 0) is 55.9 Å². The number of sulfonamides is 1. The Morgan fingerprint density at radius 3 is 2.54 bits per heavy atom. The van der Waals surface area contributed by atoms with Crippen LogP contribution >= 0.6 is 15.9 Å². The molecule has 2 heterocycles. The van der Waals surface area contributed by atoms with Gasteiger partial charge in [-0.1, -0.05) is 15.9 Å². The first-order valence-corrected chi connectivity index (χ1v) is 11.8. The van der Waals surface area contributed by atoms with Crippen LogP contribution in [0.2, 0.25) is 0 Å². The van der Waals surface area contributed by atoms with E-state index in [2.05, 4.69) is 26.0 Å². The molecule has 0 spiro atoms. The third-order valence-electron chi connectivity index (χ3n) is 5.27. The summed E-state index contributed by atoms with van der Waals surface area (Å²) in [5.74, 6) is -0.120. The number of nitrogens with one attached hydrogen (secondary N) is 1. The fourth-order valence-corrected chi connectivity index (χ4v) is 6.17. The van der Waals surface area contributed by atoms with E-state index in [4.69, 9.17) is 0 Å². The van der Waals surface area contributed by atoms with Gasteiger partial charge < -0.3 is 10.1 Å². The van der Waals surface area contributed by atoms with E-state index in [0.29, 0.717) is 22.9 Å². The molecular formula is C18H23BrF2N2O4S. The minimum Gasteiger partial charge on any atom is -0.435 e. The highest BCUT2D eigenvalue weighted by Crippen LogP contribution is 2.37. The van der Waals surface area contributed by atoms with Crippen molar-refractivity contribution in [3.63, 3.8) is 0 Å². The third-order valence-corrected chi connectivity index (χ3v) is 7.13. The van der Waals surface area contributed by atoms with Crippen LogP contribution in [0.1, 0.15) is 37.7 Å². The summed E-state index contributed by atoms with van der Waals surface area (Å²) in [6, 6.07) is 4.53. The number of ether oxygens (including phenoxy) is 1. The molecule has 3 rings (SSSR count). The van der Waals surface area contributed by atoms with Crippen molar-refractivity contribution in [2.45, 2.75) is 63.3 Å². The molecule has 2 saturated heterocycles. The van der Waals surface area contributed by atoms with E-state index in [9.17, 15) is 22.0 Å². The molecular weight excluding hydrogens is 458 g/mol. The standard InChI is InChI=1S/C18H23BrF2N2O4S/c1-28(25,26)23-14-4-5-15(23)10-13(9-14)22-17(24)7-2-11-8-12(19)3-6-16(11)27-18(20)21/h3,6,8,13-15,18H,2,4-5,7,9-10H2,1H3,(H,22,24). The smallest absolute Gasteiger partial charge is 0.387 e. The summed E-state index contributed by atoms with van der Waals surface area (Å²) in [6.45, 7) is -2.93. The molecule has 1 aromatic carbocycles. The van der Waals surface area contributed by atoms with Gasteiger partial charge in [0.2, 0.25) is 15.9 Å². The largest absolute Gasteiger partial charge is 0.435 e. The first-order chi connectivity index (χ1) is 13.1. The van der Waals surface area contributed by atoms with Crippen molar-refractivity contribution < 1.29 is 26.7 Å². The van der Waals surface area contributed by atoms with E-state index in [1.54, 1.807) is 16.4 Å². The lowest BCUT2D eigenvalue weighted by Gasteiger charge is -2.37. The molecule has 1 N–H and O–H groups in total. The monoisotopic (exact) mass is 480 g/mol. The van der Waals surface area contributed by atoms with Crippen molar-refractivity contribution >= 4 is 31.9 Å². The van der Waals surface area contributed by atoms with Gasteiger partial charge >= 0.3 is 6.61 Å². The van der Waals surface area contributed by atoms with Gasteiger partial charge in [0, 0.05) is 29.0 Å². The molecule has 0 aliphatic carbocycles. The average Bonchev–Trinajstić information content (AvgIpc) is 2.87. The second-order valence-corrected chi connectivity index (χ2v) is 10.1. The Balaban J connectivity index is 1.56. The predicted octanol–water partition coefficient (Wildman–Crippen LogP) is 3.05. The van der Waals surface area contributed by atoms with Crippen LogP contribution in [0.4, 0.5) is 8.78 Å². The summed E-state index contributed by atoms with van der Waals surface area (Å²) in [6.07, 6.45) is 4.47. The number of amides is 1. The summed E-state index contributed by atoms with van der Waals surface area (Å²) in [5, 5.41) is 2.98. The number of rotatable bonds is 7. The Morgan fingerprint density at radius 1 is 1.32 bits per heavy atom. The zero-order valence-electron chi connectivity index (χ0n) is 15.4. The zero-order chi connectivity index (χ0) is 20.5. The molecule has 2 aliphatic rings. The zero-order valence-corrected chi connectivity index (χ0v) is 17.8. The van der Waals surface area contributed by atoms with Gasteiger partial charge in [0.25, 0.3) is 0 Å². The lowest BCUT2D eigenvalue weighted by molar-refractivity contribution is -0.122. The van der Waals surface area contributed by atoms with E-state index in [-0.39, 0.29) is 42.6 Å². The van der Waals surface area contributed by atoms with Crippen LogP contribution in [-0.4, -0.2) is 49.6 Å². The molecule has 28 heavy (non-hydrogen) atoms. The van der Waals surface area contributed by atoms with Crippen LogP contribution in [0.25, 0.3) is 0 Å². The molecule has 10 heteroatoms.